The molecule has 0 radical (unpaired) electrons. The Balaban J connectivity index is 2.12. The minimum Gasteiger partial charge on any atom is -0.384 e. The van der Waals surface area contributed by atoms with E-state index in [1.165, 1.54) is 0 Å². The summed E-state index contributed by atoms with van der Waals surface area (Å²) in [6.07, 6.45) is 4.75. The number of imidazole rings is 1. The van der Waals surface area contributed by atoms with E-state index in [9.17, 15) is 0 Å². The van der Waals surface area contributed by atoms with E-state index in [-0.39, 0.29) is 5.84 Å². The maximum atomic E-state index is 7.49. The first-order chi connectivity index (χ1) is 9.56. The van der Waals surface area contributed by atoms with Gasteiger partial charge in [0.2, 0.25) is 0 Å². The SMILES string of the molecule is CN(C)CCc1nccn1Cc1cccc(C(=N)N)c1. The van der Waals surface area contributed by atoms with E-state index in [0.29, 0.717) is 0 Å². The molecular weight excluding hydrogens is 250 g/mol. The van der Waals surface area contributed by atoms with Gasteiger partial charge in [0.15, 0.2) is 0 Å². The summed E-state index contributed by atoms with van der Waals surface area (Å²) in [5.74, 6) is 1.18. The van der Waals surface area contributed by atoms with Gasteiger partial charge in [0.1, 0.15) is 11.7 Å². The van der Waals surface area contributed by atoms with Gasteiger partial charge in [-0.15, -0.1) is 0 Å². The first kappa shape index (κ1) is 14.3. The zero-order valence-electron chi connectivity index (χ0n) is 12.0. The number of benzene rings is 1. The molecule has 2 rings (SSSR count). The molecule has 0 saturated heterocycles. The average Bonchev–Trinajstić information content (AvgIpc) is 2.84. The summed E-state index contributed by atoms with van der Waals surface area (Å²) in [6, 6.07) is 7.79. The predicted molar refractivity (Wildman–Crippen MR) is 81.0 cm³/mol. The first-order valence-corrected chi connectivity index (χ1v) is 6.64. The molecule has 1 aromatic heterocycles. The van der Waals surface area contributed by atoms with Gasteiger partial charge in [-0.1, -0.05) is 18.2 Å². The number of aromatic nitrogens is 2. The second kappa shape index (κ2) is 6.34. The van der Waals surface area contributed by atoms with Crippen LogP contribution in [0.15, 0.2) is 36.7 Å². The van der Waals surface area contributed by atoms with Crippen LogP contribution in [0.2, 0.25) is 0 Å². The molecule has 0 fully saturated rings. The summed E-state index contributed by atoms with van der Waals surface area (Å²) >= 11 is 0. The van der Waals surface area contributed by atoms with Crippen molar-refractivity contribution in [1.82, 2.24) is 14.5 Å². The van der Waals surface area contributed by atoms with Crippen LogP contribution in [0.4, 0.5) is 0 Å². The predicted octanol–water partition coefficient (Wildman–Crippen LogP) is 1.32. The molecule has 0 amide bonds. The molecule has 2 aromatic rings. The van der Waals surface area contributed by atoms with Gasteiger partial charge in [-0.25, -0.2) is 4.98 Å². The van der Waals surface area contributed by atoms with Gasteiger partial charge < -0.3 is 15.2 Å². The number of nitrogens with one attached hydrogen (secondary N) is 1. The molecule has 0 aliphatic rings. The maximum Gasteiger partial charge on any atom is 0.122 e. The minimum atomic E-state index is 0.102. The van der Waals surface area contributed by atoms with E-state index in [1.807, 2.05) is 36.7 Å². The van der Waals surface area contributed by atoms with Crippen LogP contribution in [0.1, 0.15) is 17.0 Å². The third-order valence-corrected chi connectivity index (χ3v) is 3.18. The average molecular weight is 271 g/mol. The van der Waals surface area contributed by atoms with Crippen LogP contribution in [-0.2, 0) is 13.0 Å². The van der Waals surface area contributed by atoms with E-state index in [2.05, 4.69) is 28.5 Å². The molecule has 0 bridgehead atoms. The fourth-order valence-electron chi connectivity index (χ4n) is 2.07. The van der Waals surface area contributed by atoms with Crippen LogP contribution >= 0.6 is 0 Å². The minimum absolute atomic E-state index is 0.102. The van der Waals surface area contributed by atoms with Crippen molar-refractivity contribution in [2.24, 2.45) is 5.73 Å². The number of nitrogen functional groups attached to an aromatic ring is 1. The fraction of sp³-hybridized carbons (Fsp3) is 0.333. The number of nitrogens with zero attached hydrogens (tertiary/aromatic N) is 3. The Hall–Kier alpha value is -2.14. The highest BCUT2D eigenvalue weighted by Crippen LogP contribution is 2.09. The molecule has 1 aromatic carbocycles. The Morgan fingerprint density at radius 2 is 2.20 bits per heavy atom. The van der Waals surface area contributed by atoms with Crippen molar-refractivity contribution in [2.45, 2.75) is 13.0 Å². The largest absolute Gasteiger partial charge is 0.384 e. The first-order valence-electron chi connectivity index (χ1n) is 6.64. The summed E-state index contributed by atoms with van der Waals surface area (Å²) in [4.78, 5) is 6.56. The van der Waals surface area contributed by atoms with Gasteiger partial charge in [0.05, 0.1) is 0 Å². The van der Waals surface area contributed by atoms with Crippen molar-refractivity contribution in [1.29, 1.82) is 5.41 Å². The van der Waals surface area contributed by atoms with Crippen LogP contribution in [-0.4, -0.2) is 40.9 Å². The van der Waals surface area contributed by atoms with Crippen molar-refractivity contribution < 1.29 is 0 Å². The van der Waals surface area contributed by atoms with Crippen molar-refractivity contribution >= 4 is 5.84 Å². The number of hydrogen-bond donors (Lipinski definition) is 2. The van der Waals surface area contributed by atoms with Crippen molar-refractivity contribution in [3.05, 3.63) is 53.6 Å². The number of rotatable bonds is 6. The molecule has 1 heterocycles. The molecular formula is C15H21N5. The second-order valence-electron chi connectivity index (χ2n) is 5.14. The maximum absolute atomic E-state index is 7.49. The van der Waals surface area contributed by atoms with Crippen molar-refractivity contribution in [3.8, 4) is 0 Å². The highest BCUT2D eigenvalue weighted by atomic mass is 15.1. The zero-order chi connectivity index (χ0) is 14.5. The molecule has 0 aliphatic heterocycles. The third-order valence-electron chi connectivity index (χ3n) is 3.18. The van der Waals surface area contributed by atoms with E-state index in [0.717, 1.165) is 36.5 Å². The van der Waals surface area contributed by atoms with Crippen molar-refractivity contribution in [2.75, 3.05) is 20.6 Å². The zero-order valence-corrected chi connectivity index (χ0v) is 12.0. The topological polar surface area (TPSA) is 70.9 Å². The van der Waals surface area contributed by atoms with Gasteiger partial charge in [-0.2, -0.15) is 0 Å². The number of nitrogens with two attached hydrogens (primary N) is 1. The molecule has 5 nitrogen and oxygen atoms in total. The molecule has 3 N–H and O–H groups in total. The molecule has 0 unspecified atom stereocenters. The second-order valence-corrected chi connectivity index (χ2v) is 5.14. The normalized spacial score (nSPS) is 10.9. The summed E-state index contributed by atoms with van der Waals surface area (Å²) in [5.41, 5.74) is 7.41. The Morgan fingerprint density at radius 3 is 2.90 bits per heavy atom. The Kier molecular flexibility index (Phi) is 4.53. The van der Waals surface area contributed by atoms with Crippen LogP contribution in [0, 0.1) is 5.41 Å². The molecule has 106 valence electrons. The van der Waals surface area contributed by atoms with Crippen LogP contribution < -0.4 is 5.73 Å². The third kappa shape index (κ3) is 3.68. The highest BCUT2D eigenvalue weighted by molar-refractivity contribution is 5.95. The number of amidine groups is 1. The van der Waals surface area contributed by atoms with Gasteiger partial charge in [-0.05, 0) is 25.7 Å². The smallest absolute Gasteiger partial charge is 0.122 e. The Bertz CT molecular complexity index is 585. The standard InChI is InChI=1S/C15H21N5/c1-19(2)8-6-14-18-7-9-20(14)11-12-4-3-5-13(10-12)15(16)17/h3-5,7,9-10H,6,8,11H2,1-2H3,(H3,16,17). The lowest BCUT2D eigenvalue weighted by Gasteiger charge is -2.12. The lowest BCUT2D eigenvalue weighted by molar-refractivity contribution is 0.406. The molecule has 0 spiro atoms. The quantitative estimate of drug-likeness (QED) is 0.615. The van der Waals surface area contributed by atoms with Gasteiger partial charge in [0, 0.05) is 37.5 Å². The lowest BCUT2D eigenvalue weighted by atomic mass is 10.1. The highest BCUT2D eigenvalue weighted by Gasteiger charge is 2.05. The molecule has 20 heavy (non-hydrogen) atoms. The lowest BCUT2D eigenvalue weighted by Crippen LogP contribution is -2.17. The van der Waals surface area contributed by atoms with Gasteiger partial charge in [0.25, 0.3) is 0 Å². The number of likely N-dealkylation sites (N-methyl/N-ethyl adjacent to an activating group) is 1. The summed E-state index contributed by atoms with van der Waals surface area (Å²) in [6.45, 7) is 1.73. The summed E-state index contributed by atoms with van der Waals surface area (Å²) in [7, 11) is 4.12. The fourth-order valence-corrected chi connectivity index (χ4v) is 2.07. The number of hydrogen-bond acceptors (Lipinski definition) is 3. The van der Waals surface area contributed by atoms with E-state index in [1.54, 1.807) is 0 Å². The van der Waals surface area contributed by atoms with Crippen LogP contribution in [0.25, 0.3) is 0 Å². The Labute approximate surface area is 119 Å². The molecule has 0 atom stereocenters. The monoisotopic (exact) mass is 271 g/mol. The summed E-state index contributed by atoms with van der Waals surface area (Å²) < 4.78 is 2.14. The molecule has 0 saturated carbocycles. The summed E-state index contributed by atoms with van der Waals surface area (Å²) in [5, 5.41) is 7.49. The van der Waals surface area contributed by atoms with E-state index in [4.69, 9.17) is 11.1 Å². The van der Waals surface area contributed by atoms with Crippen LogP contribution in [0.3, 0.4) is 0 Å². The van der Waals surface area contributed by atoms with Gasteiger partial charge >= 0.3 is 0 Å². The van der Waals surface area contributed by atoms with E-state index < -0.39 is 0 Å². The van der Waals surface area contributed by atoms with Gasteiger partial charge in [-0.3, -0.25) is 5.41 Å². The Morgan fingerprint density at radius 1 is 1.40 bits per heavy atom. The van der Waals surface area contributed by atoms with Crippen LogP contribution in [0.5, 0.6) is 0 Å². The molecule has 0 aliphatic carbocycles. The van der Waals surface area contributed by atoms with E-state index >= 15 is 0 Å². The molecule has 5 heteroatoms. The van der Waals surface area contributed by atoms with Crippen molar-refractivity contribution in [3.63, 3.8) is 0 Å².